The number of rotatable bonds is 5. The molecule has 1 aromatic carbocycles. The molecule has 0 aliphatic carbocycles. The van der Waals surface area contributed by atoms with E-state index < -0.39 is 33.6 Å². The van der Waals surface area contributed by atoms with Gasteiger partial charge in [0, 0.05) is 48.0 Å². The molecule has 0 spiro atoms. The van der Waals surface area contributed by atoms with Crippen LogP contribution in [-0.2, 0) is 21.9 Å². The summed E-state index contributed by atoms with van der Waals surface area (Å²) in [5, 5.41) is 12.4. The molecule has 166 valence electrons. The third-order valence-corrected chi connectivity index (χ3v) is 6.23. The number of nitrogens with one attached hydrogen (secondary N) is 1. The summed E-state index contributed by atoms with van der Waals surface area (Å²) in [6, 6.07) is 6.18. The normalized spacial score (nSPS) is 17.0. The second-order valence-electron chi connectivity index (χ2n) is 7.19. The fraction of sp³-hybridized carbons (Fsp3) is 0.294. The highest BCUT2D eigenvalue weighted by Gasteiger charge is 2.49. The lowest BCUT2D eigenvalue weighted by molar-refractivity contribution is -0.140. The summed E-state index contributed by atoms with van der Waals surface area (Å²) in [7, 11) is -3.99. The molecule has 1 fully saturated rings. The van der Waals surface area contributed by atoms with Crippen LogP contribution in [0, 0.1) is 5.95 Å². The molecular weight excluding hydrogens is 464 g/mol. The van der Waals surface area contributed by atoms with E-state index >= 15 is 0 Å². The summed E-state index contributed by atoms with van der Waals surface area (Å²) in [6.07, 6.45) is -3.37. The lowest BCUT2D eigenvalue weighted by Crippen LogP contribution is -2.68. The maximum atomic E-state index is 13.5. The van der Waals surface area contributed by atoms with Crippen molar-refractivity contribution in [3.63, 3.8) is 0 Å². The van der Waals surface area contributed by atoms with Gasteiger partial charge < -0.3 is 5.32 Å². The summed E-state index contributed by atoms with van der Waals surface area (Å²) in [5.74, 6) is -0.783. The molecule has 3 N–H and O–H groups in total. The van der Waals surface area contributed by atoms with Crippen molar-refractivity contribution in [1.82, 2.24) is 19.1 Å². The summed E-state index contributed by atoms with van der Waals surface area (Å²) < 4.78 is 78.9. The molecule has 0 unspecified atom stereocenters. The average Bonchev–Trinajstić information content (AvgIpc) is 3.05. The fourth-order valence-corrected chi connectivity index (χ4v) is 4.46. The van der Waals surface area contributed by atoms with Gasteiger partial charge in [0.2, 0.25) is 5.95 Å². The van der Waals surface area contributed by atoms with E-state index in [1.807, 2.05) is 0 Å². The summed E-state index contributed by atoms with van der Waals surface area (Å²) >= 11 is 6.00. The van der Waals surface area contributed by atoms with Crippen molar-refractivity contribution in [3.8, 4) is 0 Å². The van der Waals surface area contributed by atoms with Gasteiger partial charge in [-0.25, -0.2) is 10.1 Å². The number of fused-ring (bicyclic) bond motifs is 1. The number of hydrogen-bond donors (Lipinski definition) is 2. The third kappa shape index (κ3) is 4.18. The minimum atomic E-state index is -4.69. The van der Waals surface area contributed by atoms with Gasteiger partial charge >= 0.3 is 6.18 Å². The third-order valence-electron chi connectivity index (χ3n) is 5.01. The van der Waals surface area contributed by atoms with Crippen molar-refractivity contribution in [3.05, 3.63) is 53.2 Å². The first-order valence-electron chi connectivity index (χ1n) is 8.78. The van der Waals surface area contributed by atoms with Crippen molar-refractivity contribution in [2.75, 3.05) is 25.0 Å². The van der Waals surface area contributed by atoms with Crippen molar-refractivity contribution in [2.24, 2.45) is 5.14 Å². The van der Waals surface area contributed by atoms with Gasteiger partial charge in [-0.15, -0.1) is 5.10 Å². The van der Waals surface area contributed by atoms with Crippen LogP contribution in [0.3, 0.4) is 0 Å². The first-order chi connectivity index (χ1) is 14.4. The largest absolute Gasteiger partial charge is 0.433 e. The lowest BCUT2D eigenvalue weighted by atomic mass is 9.92. The molecule has 0 amide bonds. The number of nitrogens with zero attached hydrogens (tertiary/aromatic N) is 4. The Kier molecular flexibility index (Phi) is 5.11. The Balaban J connectivity index is 1.71. The quantitative estimate of drug-likeness (QED) is 0.548. The number of alkyl halides is 3. The van der Waals surface area contributed by atoms with Crippen molar-refractivity contribution >= 4 is 38.4 Å². The number of anilines is 1. The van der Waals surface area contributed by atoms with Crippen LogP contribution in [0.25, 0.3) is 10.9 Å². The second kappa shape index (κ2) is 7.29. The van der Waals surface area contributed by atoms with Crippen LogP contribution in [-0.4, -0.2) is 47.1 Å². The Morgan fingerprint density at radius 1 is 1.23 bits per heavy atom. The van der Waals surface area contributed by atoms with E-state index in [0.717, 1.165) is 16.4 Å². The number of pyridine rings is 1. The monoisotopic (exact) mass is 478 g/mol. The summed E-state index contributed by atoms with van der Waals surface area (Å²) in [5.41, 5.74) is -2.02. The van der Waals surface area contributed by atoms with Crippen LogP contribution in [0.1, 0.15) is 5.69 Å². The highest BCUT2D eigenvalue weighted by Crippen LogP contribution is 2.36. The van der Waals surface area contributed by atoms with E-state index in [1.165, 1.54) is 29.1 Å². The predicted molar refractivity (Wildman–Crippen MR) is 105 cm³/mol. The Bertz CT molecular complexity index is 1260. The number of benzene rings is 1. The molecular formula is C17H15ClF4N6O2S. The van der Waals surface area contributed by atoms with E-state index in [0.29, 0.717) is 10.4 Å². The van der Waals surface area contributed by atoms with Crippen LogP contribution in [0.2, 0.25) is 5.02 Å². The number of hydrogen-bond acceptors (Lipinski definition) is 5. The number of nitrogens with two attached hydrogens (primary N) is 1. The zero-order valence-electron chi connectivity index (χ0n) is 15.6. The Labute approximate surface area is 178 Å². The number of aromatic nitrogens is 3. The standard InChI is InChI=1S/C17H15ClF4N6O2S/c18-10-1-2-12-11(5-10)13(6-14(25-12)17(20,21)22)24-7-16(28-4-3-15(19)26-28)8-27(9-16)31(23,29)30/h1-6H,7-9H2,(H,24,25)(H2,23,29,30). The van der Waals surface area contributed by atoms with Crippen molar-refractivity contribution < 1.29 is 26.0 Å². The summed E-state index contributed by atoms with van der Waals surface area (Å²) in [4.78, 5) is 3.64. The molecule has 0 atom stereocenters. The molecule has 1 aliphatic rings. The van der Waals surface area contributed by atoms with Gasteiger partial charge in [0.1, 0.15) is 11.2 Å². The zero-order valence-corrected chi connectivity index (χ0v) is 17.1. The van der Waals surface area contributed by atoms with Crippen LogP contribution < -0.4 is 10.5 Å². The fourth-order valence-electron chi connectivity index (χ4n) is 3.44. The molecule has 3 aromatic rings. The molecule has 14 heteroatoms. The van der Waals surface area contributed by atoms with E-state index in [4.69, 9.17) is 16.7 Å². The van der Waals surface area contributed by atoms with Gasteiger partial charge in [0.15, 0.2) is 0 Å². The molecule has 0 bridgehead atoms. The molecule has 0 radical (unpaired) electrons. The van der Waals surface area contributed by atoms with Crippen LogP contribution in [0.15, 0.2) is 36.5 Å². The maximum Gasteiger partial charge on any atom is 0.433 e. The Morgan fingerprint density at radius 2 is 1.94 bits per heavy atom. The van der Waals surface area contributed by atoms with Crippen LogP contribution in [0.4, 0.5) is 23.2 Å². The molecule has 1 saturated heterocycles. The van der Waals surface area contributed by atoms with Gasteiger partial charge in [0.25, 0.3) is 10.2 Å². The maximum absolute atomic E-state index is 13.5. The molecule has 4 rings (SSSR count). The van der Waals surface area contributed by atoms with E-state index in [2.05, 4.69) is 15.4 Å². The van der Waals surface area contributed by atoms with E-state index in [-0.39, 0.29) is 30.8 Å². The molecule has 1 aliphatic heterocycles. The van der Waals surface area contributed by atoms with E-state index in [9.17, 15) is 26.0 Å². The Hall–Kier alpha value is -2.48. The predicted octanol–water partition coefficient (Wildman–Crippen LogP) is 2.57. The molecule has 3 heterocycles. The first-order valence-corrected chi connectivity index (χ1v) is 10.7. The molecule has 2 aromatic heterocycles. The topological polar surface area (TPSA) is 106 Å². The average molecular weight is 479 g/mol. The smallest absolute Gasteiger partial charge is 0.382 e. The highest BCUT2D eigenvalue weighted by atomic mass is 35.5. The van der Waals surface area contributed by atoms with E-state index in [1.54, 1.807) is 0 Å². The lowest BCUT2D eigenvalue weighted by Gasteiger charge is -2.48. The van der Waals surface area contributed by atoms with Gasteiger partial charge in [-0.3, -0.25) is 4.68 Å². The van der Waals surface area contributed by atoms with Crippen LogP contribution in [0.5, 0.6) is 0 Å². The summed E-state index contributed by atoms with van der Waals surface area (Å²) in [6.45, 7) is -0.352. The minimum absolute atomic E-state index is 0.0664. The first kappa shape index (κ1) is 21.7. The highest BCUT2D eigenvalue weighted by molar-refractivity contribution is 7.86. The van der Waals surface area contributed by atoms with Crippen molar-refractivity contribution in [1.29, 1.82) is 0 Å². The van der Waals surface area contributed by atoms with Gasteiger partial charge in [0.05, 0.1) is 5.52 Å². The Morgan fingerprint density at radius 3 is 2.52 bits per heavy atom. The molecule has 31 heavy (non-hydrogen) atoms. The van der Waals surface area contributed by atoms with Gasteiger partial charge in [-0.1, -0.05) is 11.6 Å². The minimum Gasteiger partial charge on any atom is -0.382 e. The zero-order chi connectivity index (χ0) is 22.6. The van der Waals surface area contributed by atoms with Crippen molar-refractivity contribution in [2.45, 2.75) is 11.7 Å². The van der Waals surface area contributed by atoms with Gasteiger partial charge in [-0.2, -0.15) is 30.3 Å². The van der Waals surface area contributed by atoms with Crippen LogP contribution >= 0.6 is 11.6 Å². The second-order valence-corrected chi connectivity index (χ2v) is 9.17. The SMILES string of the molecule is NS(=O)(=O)N1CC(CNc2cc(C(F)(F)F)nc3ccc(Cl)cc23)(n2ccc(F)n2)C1. The molecule has 0 saturated carbocycles. The molecule has 8 nitrogen and oxygen atoms in total. The number of halogens is 5. The van der Waals surface area contributed by atoms with Gasteiger partial charge in [-0.05, 0) is 24.3 Å².